The highest BCUT2D eigenvalue weighted by Crippen LogP contribution is 2.17. The molecule has 0 fully saturated rings. The van der Waals surface area contributed by atoms with Crippen molar-refractivity contribution in [2.75, 3.05) is 4.72 Å². The minimum absolute atomic E-state index is 0.142. The summed E-state index contributed by atoms with van der Waals surface area (Å²) in [6.45, 7) is 1.94. The molecule has 2 N–H and O–H groups in total. The molecule has 0 aromatic heterocycles. The van der Waals surface area contributed by atoms with Crippen LogP contribution in [0.5, 0.6) is 5.75 Å². The van der Waals surface area contributed by atoms with E-state index in [1.807, 2.05) is 19.1 Å². The molecular weight excluding hydrogens is 490 g/mol. The summed E-state index contributed by atoms with van der Waals surface area (Å²) in [7, 11) is -3.72. The molecule has 37 heavy (non-hydrogen) atoms. The Morgan fingerprint density at radius 2 is 1.41 bits per heavy atom. The number of nitrogens with one attached hydrogen (secondary N) is 2. The lowest BCUT2D eigenvalue weighted by molar-refractivity contribution is 0.0734. The van der Waals surface area contributed by atoms with E-state index < -0.39 is 21.9 Å². The van der Waals surface area contributed by atoms with Gasteiger partial charge in [0, 0.05) is 11.3 Å². The minimum Gasteiger partial charge on any atom is -0.423 e. The van der Waals surface area contributed by atoms with Crippen LogP contribution in [-0.4, -0.2) is 26.5 Å². The Morgan fingerprint density at radius 3 is 2.05 bits per heavy atom. The van der Waals surface area contributed by atoms with Crippen molar-refractivity contribution in [3.8, 4) is 5.75 Å². The van der Waals surface area contributed by atoms with Crippen molar-refractivity contribution in [1.82, 2.24) is 5.43 Å². The average Bonchev–Trinajstić information content (AvgIpc) is 2.90. The van der Waals surface area contributed by atoms with Crippen molar-refractivity contribution in [3.63, 3.8) is 0 Å². The van der Waals surface area contributed by atoms with Crippen LogP contribution in [-0.2, 0) is 10.0 Å². The van der Waals surface area contributed by atoms with E-state index >= 15 is 0 Å². The topological polar surface area (TPSA) is 114 Å². The highest BCUT2D eigenvalue weighted by molar-refractivity contribution is 7.92. The number of carbonyl (C=O) groups excluding carboxylic acids is 2. The second-order valence-corrected chi connectivity index (χ2v) is 9.70. The van der Waals surface area contributed by atoms with Gasteiger partial charge in [0.25, 0.3) is 15.9 Å². The lowest BCUT2D eigenvalue weighted by atomic mass is 10.1. The molecular formula is C28H23N3O5S. The number of hydrazone groups is 1. The van der Waals surface area contributed by atoms with Gasteiger partial charge in [-0.15, -0.1) is 0 Å². The van der Waals surface area contributed by atoms with E-state index in [1.54, 1.807) is 54.6 Å². The van der Waals surface area contributed by atoms with Crippen LogP contribution in [0.1, 0.15) is 31.8 Å². The molecule has 186 valence electrons. The molecule has 0 saturated heterocycles. The standard InChI is InChI=1S/C28H23N3O5S/c1-20-7-11-23(12-8-20)28(33)36-25-17-9-21(10-18-25)19-29-30-27(32)22-13-15-24(16-14-22)31-37(34,35)26-5-3-2-4-6-26/h2-19,31H,1H3,(H,30,32). The molecule has 4 rings (SSSR count). The summed E-state index contributed by atoms with van der Waals surface area (Å²) in [4.78, 5) is 24.7. The summed E-state index contributed by atoms with van der Waals surface area (Å²) in [5.41, 5.74) is 5.24. The Hall–Kier alpha value is -4.76. The first-order valence-corrected chi connectivity index (χ1v) is 12.7. The van der Waals surface area contributed by atoms with Crippen molar-refractivity contribution in [2.45, 2.75) is 11.8 Å². The maximum absolute atomic E-state index is 12.4. The largest absolute Gasteiger partial charge is 0.423 e. The number of sulfonamides is 1. The van der Waals surface area contributed by atoms with Crippen LogP contribution in [0.15, 0.2) is 113 Å². The molecule has 0 aliphatic heterocycles. The summed E-state index contributed by atoms with van der Waals surface area (Å²) in [5, 5.41) is 3.94. The van der Waals surface area contributed by atoms with E-state index in [4.69, 9.17) is 4.74 Å². The van der Waals surface area contributed by atoms with Crippen molar-refractivity contribution in [1.29, 1.82) is 0 Å². The molecule has 0 heterocycles. The van der Waals surface area contributed by atoms with Crippen LogP contribution in [0, 0.1) is 6.92 Å². The quantitative estimate of drug-likeness (QED) is 0.152. The van der Waals surface area contributed by atoms with Crippen molar-refractivity contribution >= 4 is 33.8 Å². The van der Waals surface area contributed by atoms with Gasteiger partial charge in [0.15, 0.2) is 0 Å². The molecule has 0 atom stereocenters. The second kappa shape index (κ2) is 11.3. The predicted octanol–water partition coefficient (Wildman–Crippen LogP) is 4.78. The monoisotopic (exact) mass is 513 g/mol. The first kappa shape index (κ1) is 25.3. The molecule has 0 unspecified atom stereocenters. The van der Waals surface area contributed by atoms with Crippen molar-refractivity contribution in [3.05, 3.63) is 125 Å². The fourth-order valence-electron chi connectivity index (χ4n) is 3.21. The number of nitrogens with zero attached hydrogens (tertiary/aromatic N) is 1. The number of esters is 1. The summed E-state index contributed by atoms with van der Waals surface area (Å²) in [5.74, 6) is -0.528. The summed E-state index contributed by atoms with van der Waals surface area (Å²) in [6.07, 6.45) is 1.45. The molecule has 4 aromatic carbocycles. The van der Waals surface area contributed by atoms with Gasteiger partial charge in [0.2, 0.25) is 0 Å². The minimum atomic E-state index is -3.72. The Morgan fingerprint density at radius 1 is 0.784 bits per heavy atom. The van der Waals surface area contributed by atoms with E-state index in [1.165, 1.54) is 42.6 Å². The molecule has 0 bridgehead atoms. The molecule has 0 aliphatic carbocycles. The molecule has 8 nitrogen and oxygen atoms in total. The van der Waals surface area contributed by atoms with Crippen LogP contribution in [0.2, 0.25) is 0 Å². The Kier molecular flexibility index (Phi) is 7.75. The van der Waals surface area contributed by atoms with Gasteiger partial charge in [-0.25, -0.2) is 18.6 Å². The van der Waals surface area contributed by atoms with E-state index in [-0.39, 0.29) is 4.90 Å². The predicted molar refractivity (Wildman–Crippen MR) is 141 cm³/mol. The van der Waals surface area contributed by atoms with Crippen molar-refractivity contribution < 1.29 is 22.7 Å². The van der Waals surface area contributed by atoms with Crippen LogP contribution in [0.3, 0.4) is 0 Å². The number of ether oxygens (including phenoxy) is 1. The number of aryl methyl sites for hydroxylation is 1. The van der Waals surface area contributed by atoms with Gasteiger partial charge in [0.05, 0.1) is 16.7 Å². The lowest BCUT2D eigenvalue weighted by Crippen LogP contribution is -2.18. The fraction of sp³-hybridized carbons (Fsp3) is 0.0357. The smallest absolute Gasteiger partial charge is 0.343 e. The van der Waals surface area contributed by atoms with Crippen LogP contribution in [0.4, 0.5) is 5.69 Å². The first-order valence-electron chi connectivity index (χ1n) is 11.2. The van der Waals surface area contributed by atoms with Crippen LogP contribution in [0.25, 0.3) is 0 Å². The second-order valence-electron chi connectivity index (χ2n) is 8.02. The van der Waals surface area contributed by atoms with Crippen molar-refractivity contribution in [2.24, 2.45) is 5.10 Å². The number of rotatable bonds is 8. The zero-order valence-electron chi connectivity index (χ0n) is 19.8. The van der Waals surface area contributed by atoms with Crippen LogP contribution < -0.4 is 14.9 Å². The first-order chi connectivity index (χ1) is 17.8. The van der Waals surface area contributed by atoms with Gasteiger partial charge in [-0.05, 0) is 85.3 Å². The Labute approximate surface area is 214 Å². The van der Waals surface area contributed by atoms with Gasteiger partial charge in [0.1, 0.15) is 5.75 Å². The maximum atomic E-state index is 12.4. The Bertz CT molecular complexity index is 1520. The summed E-state index contributed by atoms with van der Waals surface area (Å²) >= 11 is 0. The van der Waals surface area contributed by atoms with Gasteiger partial charge in [-0.3, -0.25) is 9.52 Å². The summed E-state index contributed by atoms with van der Waals surface area (Å²) in [6, 6.07) is 27.7. The van der Waals surface area contributed by atoms with Gasteiger partial charge >= 0.3 is 5.97 Å². The SMILES string of the molecule is Cc1ccc(C(=O)Oc2ccc(C=NNC(=O)c3ccc(NS(=O)(=O)c4ccccc4)cc3)cc2)cc1. The number of amides is 1. The molecule has 4 aromatic rings. The number of carbonyl (C=O) groups is 2. The highest BCUT2D eigenvalue weighted by atomic mass is 32.2. The third kappa shape index (κ3) is 6.89. The fourth-order valence-corrected chi connectivity index (χ4v) is 4.29. The highest BCUT2D eigenvalue weighted by Gasteiger charge is 2.14. The molecule has 0 saturated carbocycles. The number of benzene rings is 4. The molecule has 0 aliphatic rings. The third-order valence-corrected chi connectivity index (χ3v) is 6.61. The van der Waals surface area contributed by atoms with E-state index in [2.05, 4.69) is 15.2 Å². The zero-order chi connectivity index (χ0) is 26.3. The number of anilines is 1. The molecule has 9 heteroatoms. The van der Waals surface area contributed by atoms with E-state index in [0.717, 1.165) is 5.56 Å². The van der Waals surface area contributed by atoms with E-state index in [0.29, 0.717) is 28.1 Å². The Balaban J connectivity index is 1.30. The maximum Gasteiger partial charge on any atom is 0.343 e. The number of hydrogen-bond donors (Lipinski definition) is 2. The van der Waals surface area contributed by atoms with Gasteiger partial charge < -0.3 is 4.74 Å². The molecule has 0 radical (unpaired) electrons. The molecule has 1 amide bonds. The third-order valence-electron chi connectivity index (χ3n) is 5.21. The lowest BCUT2D eigenvalue weighted by Gasteiger charge is -2.08. The van der Waals surface area contributed by atoms with Crippen LogP contribution >= 0.6 is 0 Å². The van der Waals surface area contributed by atoms with Gasteiger partial charge in [-0.2, -0.15) is 5.10 Å². The zero-order valence-corrected chi connectivity index (χ0v) is 20.6. The van der Waals surface area contributed by atoms with Gasteiger partial charge in [-0.1, -0.05) is 35.9 Å². The average molecular weight is 514 g/mol. The number of hydrogen-bond acceptors (Lipinski definition) is 6. The summed E-state index contributed by atoms with van der Waals surface area (Å²) < 4.78 is 32.7. The van der Waals surface area contributed by atoms with E-state index in [9.17, 15) is 18.0 Å². The normalized spacial score (nSPS) is 11.2. The molecule has 0 spiro atoms.